The predicted octanol–water partition coefficient (Wildman–Crippen LogP) is 1.60. The lowest BCUT2D eigenvalue weighted by Gasteiger charge is -2.21. The first-order chi connectivity index (χ1) is 7.61. The van der Waals surface area contributed by atoms with Gasteiger partial charge in [0, 0.05) is 4.47 Å². The van der Waals surface area contributed by atoms with Crippen LogP contribution in [0.25, 0.3) is 0 Å². The number of esters is 1. The Hall–Kier alpha value is -1.56. The summed E-state index contributed by atoms with van der Waals surface area (Å²) in [5, 5.41) is 5.57. The number of rotatable bonds is 1. The van der Waals surface area contributed by atoms with Crippen molar-refractivity contribution >= 4 is 39.2 Å². The molecule has 0 aromatic heterocycles. The van der Waals surface area contributed by atoms with Crippen LogP contribution in [-0.2, 0) is 9.53 Å². The monoisotopic (exact) mass is 284 g/mol. The van der Waals surface area contributed by atoms with Crippen molar-refractivity contribution in [1.82, 2.24) is 0 Å². The quantitative estimate of drug-likeness (QED) is 0.769. The summed E-state index contributed by atoms with van der Waals surface area (Å²) >= 11 is 3.27. The van der Waals surface area contributed by atoms with E-state index in [1.54, 1.807) is 12.1 Å². The molecule has 1 amide bonds. The molecule has 0 unspecified atom stereocenters. The van der Waals surface area contributed by atoms with Crippen LogP contribution in [0.1, 0.15) is 10.4 Å². The van der Waals surface area contributed by atoms with Crippen LogP contribution in [-0.4, -0.2) is 25.5 Å². The van der Waals surface area contributed by atoms with Gasteiger partial charge in [0.05, 0.1) is 30.6 Å². The van der Waals surface area contributed by atoms with Crippen LogP contribution in [0.5, 0.6) is 0 Å². The molecule has 1 heterocycles. The normalized spacial score (nSPS) is 13.5. The standard InChI is InChI=1S/C10H9BrN2O3/c1-16-10(15)6-2-5(11)3-7-9(6)12-4-8(14)13-7/h2-3,12H,4H2,1H3,(H,13,14). The Morgan fingerprint density at radius 1 is 1.50 bits per heavy atom. The minimum absolute atomic E-state index is 0.138. The lowest BCUT2D eigenvalue weighted by atomic mass is 10.1. The minimum atomic E-state index is -0.443. The van der Waals surface area contributed by atoms with Crippen LogP contribution in [0, 0.1) is 0 Å². The number of hydrogen-bond acceptors (Lipinski definition) is 4. The third-order valence-corrected chi connectivity index (χ3v) is 2.67. The number of anilines is 2. The van der Waals surface area contributed by atoms with Gasteiger partial charge in [0.15, 0.2) is 0 Å². The van der Waals surface area contributed by atoms with Crippen molar-refractivity contribution < 1.29 is 14.3 Å². The number of methoxy groups -OCH3 is 1. The highest BCUT2D eigenvalue weighted by Crippen LogP contribution is 2.32. The van der Waals surface area contributed by atoms with Gasteiger partial charge < -0.3 is 15.4 Å². The van der Waals surface area contributed by atoms with Crippen LogP contribution in [0.4, 0.5) is 11.4 Å². The zero-order valence-electron chi connectivity index (χ0n) is 8.46. The fourth-order valence-corrected chi connectivity index (χ4v) is 1.99. The smallest absolute Gasteiger partial charge is 0.340 e. The summed E-state index contributed by atoms with van der Waals surface area (Å²) in [6.45, 7) is 0.151. The molecule has 1 aliphatic rings. The first kappa shape index (κ1) is 10.9. The average molecular weight is 285 g/mol. The minimum Gasteiger partial charge on any atom is -0.465 e. The van der Waals surface area contributed by atoms with E-state index in [1.165, 1.54) is 7.11 Å². The molecule has 0 radical (unpaired) electrons. The number of ether oxygens (including phenoxy) is 1. The van der Waals surface area contributed by atoms with E-state index in [4.69, 9.17) is 0 Å². The summed E-state index contributed by atoms with van der Waals surface area (Å²) in [6.07, 6.45) is 0. The first-order valence-electron chi connectivity index (χ1n) is 4.57. The molecule has 0 aliphatic carbocycles. The second-order valence-electron chi connectivity index (χ2n) is 3.27. The van der Waals surface area contributed by atoms with Crippen molar-refractivity contribution in [2.45, 2.75) is 0 Å². The lowest BCUT2D eigenvalue weighted by molar-refractivity contribution is -0.114. The van der Waals surface area contributed by atoms with Crippen LogP contribution in [0.3, 0.4) is 0 Å². The highest BCUT2D eigenvalue weighted by atomic mass is 79.9. The Bertz CT molecular complexity index is 473. The van der Waals surface area contributed by atoms with Gasteiger partial charge in [0.2, 0.25) is 5.91 Å². The van der Waals surface area contributed by atoms with Crippen LogP contribution in [0.15, 0.2) is 16.6 Å². The van der Waals surface area contributed by atoms with Gasteiger partial charge in [-0.3, -0.25) is 4.79 Å². The first-order valence-corrected chi connectivity index (χ1v) is 5.36. The maximum Gasteiger partial charge on any atom is 0.340 e. The summed E-state index contributed by atoms with van der Waals surface area (Å²) in [7, 11) is 1.32. The molecule has 6 heteroatoms. The van der Waals surface area contributed by atoms with E-state index < -0.39 is 5.97 Å². The highest BCUT2D eigenvalue weighted by Gasteiger charge is 2.21. The van der Waals surface area contributed by atoms with Gasteiger partial charge in [-0.1, -0.05) is 15.9 Å². The average Bonchev–Trinajstić information content (AvgIpc) is 2.26. The Labute approximate surface area is 100 Å². The van der Waals surface area contributed by atoms with Crippen molar-refractivity contribution in [3.8, 4) is 0 Å². The molecule has 1 aromatic carbocycles. The number of carbonyl (C=O) groups excluding carboxylic acids is 2. The van der Waals surface area contributed by atoms with E-state index in [9.17, 15) is 9.59 Å². The Kier molecular flexibility index (Phi) is 2.82. The summed E-state index contributed by atoms with van der Waals surface area (Å²) in [5.74, 6) is -0.581. The number of halogens is 1. The molecule has 0 saturated heterocycles. The third kappa shape index (κ3) is 1.88. The topological polar surface area (TPSA) is 67.4 Å². The number of nitrogens with one attached hydrogen (secondary N) is 2. The Morgan fingerprint density at radius 3 is 2.94 bits per heavy atom. The maximum absolute atomic E-state index is 11.5. The van der Waals surface area contributed by atoms with E-state index in [0.29, 0.717) is 21.4 Å². The summed E-state index contributed by atoms with van der Waals surface area (Å²) in [4.78, 5) is 22.7. The molecule has 16 heavy (non-hydrogen) atoms. The largest absolute Gasteiger partial charge is 0.465 e. The van der Waals surface area contributed by atoms with Crippen molar-refractivity contribution in [3.63, 3.8) is 0 Å². The fraction of sp³-hybridized carbons (Fsp3) is 0.200. The molecule has 0 bridgehead atoms. The molecular formula is C10H9BrN2O3. The van der Waals surface area contributed by atoms with Gasteiger partial charge in [0.1, 0.15) is 0 Å². The van der Waals surface area contributed by atoms with Crippen molar-refractivity contribution in [3.05, 3.63) is 22.2 Å². The second-order valence-corrected chi connectivity index (χ2v) is 4.18. The maximum atomic E-state index is 11.5. The van der Waals surface area contributed by atoms with Gasteiger partial charge in [-0.05, 0) is 12.1 Å². The second kappa shape index (κ2) is 4.13. The molecule has 1 aliphatic heterocycles. The molecule has 0 saturated carbocycles. The van der Waals surface area contributed by atoms with Gasteiger partial charge >= 0.3 is 5.97 Å². The molecule has 2 rings (SSSR count). The zero-order chi connectivity index (χ0) is 11.7. The molecule has 84 valence electrons. The third-order valence-electron chi connectivity index (χ3n) is 2.21. The molecule has 0 atom stereocenters. The zero-order valence-corrected chi connectivity index (χ0v) is 10.1. The molecular weight excluding hydrogens is 276 g/mol. The van der Waals surface area contributed by atoms with E-state index in [-0.39, 0.29) is 12.5 Å². The van der Waals surface area contributed by atoms with E-state index in [0.717, 1.165) is 0 Å². The fourth-order valence-electron chi connectivity index (χ4n) is 1.53. The van der Waals surface area contributed by atoms with E-state index in [1.807, 2.05) is 0 Å². The highest BCUT2D eigenvalue weighted by molar-refractivity contribution is 9.10. The van der Waals surface area contributed by atoms with Gasteiger partial charge in [-0.15, -0.1) is 0 Å². The van der Waals surface area contributed by atoms with Gasteiger partial charge in [-0.2, -0.15) is 0 Å². The van der Waals surface area contributed by atoms with Crippen molar-refractivity contribution in [2.24, 2.45) is 0 Å². The summed E-state index contributed by atoms with van der Waals surface area (Å²) < 4.78 is 5.38. The van der Waals surface area contributed by atoms with Crippen LogP contribution in [0.2, 0.25) is 0 Å². The predicted molar refractivity (Wildman–Crippen MR) is 62.6 cm³/mol. The number of carbonyl (C=O) groups is 2. The summed E-state index contributed by atoms with van der Waals surface area (Å²) in [5.41, 5.74) is 1.56. The van der Waals surface area contributed by atoms with Gasteiger partial charge in [0.25, 0.3) is 0 Å². The summed E-state index contributed by atoms with van der Waals surface area (Å²) in [6, 6.07) is 3.38. The Balaban J connectivity index is 2.54. The number of benzene rings is 1. The lowest BCUT2D eigenvalue weighted by Crippen LogP contribution is -2.28. The van der Waals surface area contributed by atoms with Crippen molar-refractivity contribution in [1.29, 1.82) is 0 Å². The number of fused-ring (bicyclic) bond motifs is 1. The van der Waals surface area contributed by atoms with Crippen molar-refractivity contribution in [2.75, 3.05) is 24.3 Å². The number of hydrogen-bond donors (Lipinski definition) is 2. The molecule has 5 nitrogen and oxygen atoms in total. The SMILES string of the molecule is COC(=O)c1cc(Br)cc2c1NCC(=O)N2. The van der Waals surface area contributed by atoms with Crippen LogP contribution < -0.4 is 10.6 Å². The van der Waals surface area contributed by atoms with E-state index in [2.05, 4.69) is 31.3 Å². The number of amides is 1. The Morgan fingerprint density at radius 2 is 2.25 bits per heavy atom. The van der Waals surface area contributed by atoms with Gasteiger partial charge in [-0.25, -0.2) is 4.79 Å². The molecule has 1 aromatic rings. The molecule has 0 spiro atoms. The molecule has 2 N–H and O–H groups in total. The molecule has 0 fully saturated rings. The van der Waals surface area contributed by atoms with Crippen LogP contribution >= 0.6 is 15.9 Å². The van der Waals surface area contributed by atoms with E-state index >= 15 is 0 Å².